The van der Waals surface area contributed by atoms with Gasteiger partial charge in [-0.3, -0.25) is 5.01 Å². The van der Waals surface area contributed by atoms with Crippen molar-refractivity contribution in [3.63, 3.8) is 0 Å². The van der Waals surface area contributed by atoms with Crippen LogP contribution in [0.3, 0.4) is 0 Å². The van der Waals surface area contributed by atoms with E-state index < -0.39 is 0 Å². The minimum Gasteiger partial charge on any atom is -0.299 e. The van der Waals surface area contributed by atoms with Crippen LogP contribution in [-0.4, -0.2) is 24.9 Å². The fraction of sp³-hybridized carbons (Fsp3) is 0.500. The molecule has 0 radical (unpaired) electrons. The lowest BCUT2D eigenvalue weighted by Crippen LogP contribution is -2.34. The van der Waals surface area contributed by atoms with Crippen LogP contribution in [0.2, 0.25) is 0 Å². The minimum absolute atomic E-state index is 0.896. The third-order valence-corrected chi connectivity index (χ3v) is 1.10. The fourth-order valence-corrected chi connectivity index (χ4v) is 0.381. The number of amidine groups is 1. The van der Waals surface area contributed by atoms with Crippen molar-refractivity contribution in [3.05, 3.63) is 12.8 Å². The summed E-state index contributed by atoms with van der Waals surface area (Å²) >= 11 is 0. The molecule has 0 aliphatic heterocycles. The van der Waals surface area contributed by atoms with E-state index >= 15 is 0 Å². The maximum absolute atomic E-state index is 3.94. The summed E-state index contributed by atoms with van der Waals surface area (Å²) in [6.45, 7) is 5.38. The second kappa shape index (κ2) is 4.09. The van der Waals surface area contributed by atoms with E-state index in [-0.39, 0.29) is 0 Å². The number of hydrogen-bond acceptors (Lipinski definition) is 2. The molecule has 0 aromatic carbocycles. The number of nitrogens with one attached hydrogen (secondary N) is 1. The molecule has 0 unspecified atom stereocenters. The molecule has 0 fully saturated rings. The van der Waals surface area contributed by atoms with E-state index in [1.54, 1.807) is 0 Å². The predicted octanol–water partition coefficient (Wildman–Crippen LogP) is 0.615. The first kappa shape index (κ1) is 8.17. The Hall–Kier alpha value is -0.830. The molecule has 3 heteroatoms. The second-order valence-electron chi connectivity index (χ2n) is 1.64. The number of hydrogen-bond donors (Lipinski definition) is 1. The van der Waals surface area contributed by atoms with Crippen LogP contribution in [0.25, 0.3) is 0 Å². The van der Waals surface area contributed by atoms with E-state index in [2.05, 4.69) is 17.0 Å². The summed E-state index contributed by atoms with van der Waals surface area (Å²) in [5.41, 5.74) is 2.90. The summed E-state index contributed by atoms with van der Waals surface area (Å²) in [4.78, 5) is 3.94. The molecule has 0 atom stereocenters. The van der Waals surface area contributed by atoms with Gasteiger partial charge in [0.1, 0.15) is 5.84 Å². The maximum atomic E-state index is 3.94. The Kier molecular flexibility index (Phi) is 3.71. The Morgan fingerprint density at radius 1 is 1.78 bits per heavy atom. The first-order chi connectivity index (χ1) is 4.22. The number of rotatable bonds is 2. The predicted molar refractivity (Wildman–Crippen MR) is 40.1 cm³/mol. The van der Waals surface area contributed by atoms with Gasteiger partial charge in [-0.1, -0.05) is 6.58 Å². The highest BCUT2D eigenvalue weighted by molar-refractivity contribution is 5.79. The molecule has 0 spiro atoms. The summed E-state index contributed by atoms with van der Waals surface area (Å²) in [5, 5.41) is 1.81. The zero-order chi connectivity index (χ0) is 7.28. The molecule has 0 heterocycles. The highest BCUT2D eigenvalue weighted by atomic mass is 15.5. The van der Waals surface area contributed by atoms with Crippen LogP contribution in [0.4, 0.5) is 0 Å². The molecule has 0 saturated heterocycles. The van der Waals surface area contributed by atoms with Crippen molar-refractivity contribution in [3.8, 4) is 0 Å². The lowest BCUT2D eigenvalue weighted by Gasteiger charge is -2.15. The Morgan fingerprint density at radius 2 is 2.33 bits per heavy atom. The SMILES string of the molecule is C=CN=C(C)N(C)NC. The van der Waals surface area contributed by atoms with Crippen molar-refractivity contribution in [1.82, 2.24) is 10.4 Å². The molecule has 3 nitrogen and oxygen atoms in total. The van der Waals surface area contributed by atoms with Crippen molar-refractivity contribution in [2.45, 2.75) is 6.92 Å². The highest BCUT2D eigenvalue weighted by Gasteiger charge is 1.91. The normalized spacial score (nSPS) is 11.2. The van der Waals surface area contributed by atoms with Crippen molar-refractivity contribution in [1.29, 1.82) is 0 Å². The molecule has 0 bridgehead atoms. The quantitative estimate of drug-likeness (QED) is 0.334. The van der Waals surface area contributed by atoms with Crippen molar-refractivity contribution >= 4 is 5.84 Å². The van der Waals surface area contributed by atoms with Gasteiger partial charge in [-0.15, -0.1) is 0 Å². The van der Waals surface area contributed by atoms with Gasteiger partial charge in [0.05, 0.1) is 0 Å². The number of nitrogens with zero attached hydrogens (tertiary/aromatic N) is 2. The van der Waals surface area contributed by atoms with Crippen molar-refractivity contribution in [2.75, 3.05) is 14.1 Å². The lowest BCUT2D eigenvalue weighted by molar-refractivity contribution is 0.407. The summed E-state index contributed by atoms with van der Waals surface area (Å²) in [6.07, 6.45) is 1.52. The van der Waals surface area contributed by atoms with Gasteiger partial charge in [-0.25, -0.2) is 10.4 Å². The van der Waals surface area contributed by atoms with Crippen LogP contribution in [0.5, 0.6) is 0 Å². The van der Waals surface area contributed by atoms with Crippen LogP contribution >= 0.6 is 0 Å². The third-order valence-electron chi connectivity index (χ3n) is 1.10. The first-order valence-electron chi connectivity index (χ1n) is 2.78. The molecule has 1 N–H and O–H groups in total. The molecule has 0 aliphatic rings. The van der Waals surface area contributed by atoms with E-state index in [0.717, 1.165) is 5.84 Å². The fourth-order valence-electron chi connectivity index (χ4n) is 0.381. The van der Waals surface area contributed by atoms with Gasteiger partial charge in [-0.2, -0.15) is 0 Å². The summed E-state index contributed by atoms with van der Waals surface area (Å²) < 4.78 is 0. The Bertz CT molecular complexity index is 117. The van der Waals surface area contributed by atoms with E-state index in [9.17, 15) is 0 Å². The summed E-state index contributed by atoms with van der Waals surface area (Å²) in [6, 6.07) is 0. The third kappa shape index (κ3) is 2.87. The Labute approximate surface area is 56.0 Å². The standard InChI is InChI=1S/C6H13N3/c1-5-8-6(2)9(4)7-3/h5,7H,1H2,2-4H3. The summed E-state index contributed by atoms with van der Waals surface area (Å²) in [5.74, 6) is 0.896. The molecule has 0 rings (SSSR count). The Balaban J connectivity index is 3.84. The van der Waals surface area contributed by atoms with Crippen LogP contribution < -0.4 is 5.43 Å². The monoisotopic (exact) mass is 127 g/mol. The largest absolute Gasteiger partial charge is 0.299 e. The molecular formula is C6H13N3. The second-order valence-corrected chi connectivity index (χ2v) is 1.64. The van der Waals surface area contributed by atoms with Gasteiger partial charge >= 0.3 is 0 Å². The molecule has 9 heavy (non-hydrogen) atoms. The van der Waals surface area contributed by atoms with Crippen LogP contribution in [0.1, 0.15) is 6.92 Å². The molecule has 0 amide bonds. The highest BCUT2D eigenvalue weighted by Crippen LogP contribution is 1.80. The van der Waals surface area contributed by atoms with Gasteiger partial charge in [0.25, 0.3) is 0 Å². The van der Waals surface area contributed by atoms with Crippen LogP contribution in [0, 0.1) is 0 Å². The van der Waals surface area contributed by atoms with Crippen molar-refractivity contribution in [2.24, 2.45) is 4.99 Å². The molecular weight excluding hydrogens is 114 g/mol. The maximum Gasteiger partial charge on any atom is 0.115 e. The van der Waals surface area contributed by atoms with Gasteiger partial charge in [0, 0.05) is 20.3 Å². The summed E-state index contributed by atoms with van der Waals surface area (Å²) in [7, 11) is 3.73. The molecule has 52 valence electrons. The van der Waals surface area contributed by atoms with E-state index in [4.69, 9.17) is 0 Å². The van der Waals surface area contributed by atoms with Crippen LogP contribution in [0.15, 0.2) is 17.8 Å². The molecule has 0 saturated carbocycles. The smallest absolute Gasteiger partial charge is 0.115 e. The topological polar surface area (TPSA) is 27.6 Å². The molecule has 0 aromatic heterocycles. The zero-order valence-electron chi connectivity index (χ0n) is 6.18. The van der Waals surface area contributed by atoms with Gasteiger partial charge in [-0.05, 0) is 6.92 Å². The van der Waals surface area contributed by atoms with Crippen molar-refractivity contribution < 1.29 is 0 Å². The van der Waals surface area contributed by atoms with E-state index in [0.29, 0.717) is 0 Å². The Morgan fingerprint density at radius 3 is 2.67 bits per heavy atom. The molecule has 0 aliphatic carbocycles. The van der Waals surface area contributed by atoms with Gasteiger partial charge < -0.3 is 0 Å². The van der Waals surface area contributed by atoms with E-state index in [1.165, 1.54) is 6.20 Å². The van der Waals surface area contributed by atoms with Gasteiger partial charge in [0.2, 0.25) is 0 Å². The zero-order valence-corrected chi connectivity index (χ0v) is 6.18. The van der Waals surface area contributed by atoms with E-state index in [1.807, 2.05) is 26.0 Å². The average molecular weight is 127 g/mol. The molecule has 0 aromatic rings. The van der Waals surface area contributed by atoms with Crippen LogP contribution in [-0.2, 0) is 0 Å². The van der Waals surface area contributed by atoms with Gasteiger partial charge in [0.15, 0.2) is 0 Å². The lowest BCUT2D eigenvalue weighted by atomic mass is 10.6. The number of aliphatic imine (C=N–C) groups is 1. The first-order valence-corrected chi connectivity index (χ1v) is 2.78. The number of hydrazine groups is 1. The average Bonchev–Trinajstić information content (AvgIpc) is 1.87. The minimum atomic E-state index is 0.896.